The number of benzene rings is 1. The quantitative estimate of drug-likeness (QED) is 0.665. The van der Waals surface area contributed by atoms with Gasteiger partial charge in [-0.05, 0) is 40.2 Å². The summed E-state index contributed by atoms with van der Waals surface area (Å²) in [5.41, 5.74) is 0.846. The molecule has 1 aromatic heterocycles. The van der Waals surface area contributed by atoms with E-state index in [1.165, 1.54) is 11.3 Å². The van der Waals surface area contributed by atoms with Crippen LogP contribution in [0.5, 0.6) is 0 Å². The van der Waals surface area contributed by atoms with E-state index in [-0.39, 0.29) is 11.6 Å². The maximum Gasteiger partial charge on any atom is 0.333 e. The summed E-state index contributed by atoms with van der Waals surface area (Å²) in [6.45, 7) is 0. The van der Waals surface area contributed by atoms with E-state index in [9.17, 15) is 9.59 Å². The topological polar surface area (TPSA) is 49.4 Å². The van der Waals surface area contributed by atoms with E-state index in [4.69, 9.17) is 0 Å². The van der Waals surface area contributed by atoms with Crippen LogP contribution < -0.4 is 10.2 Å². The van der Waals surface area contributed by atoms with Crippen molar-refractivity contribution in [2.75, 3.05) is 4.90 Å². The van der Waals surface area contributed by atoms with Crippen LogP contribution in [0.25, 0.3) is 6.08 Å². The van der Waals surface area contributed by atoms with E-state index in [1.54, 1.807) is 30.3 Å². The number of nitrogens with zero attached hydrogens (tertiary/aromatic N) is 1. The highest BCUT2D eigenvalue weighted by Crippen LogP contribution is 2.25. The first kappa shape index (κ1) is 13.1. The predicted molar refractivity (Wildman–Crippen MR) is 82.5 cm³/mol. The number of carbonyl (C=O) groups is 2. The first-order valence-corrected chi connectivity index (χ1v) is 7.48. The van der Waals surface area contributed by atoms with Crippen molar-refractivity contribution in [3.8, 4) is 0 Å². The fraction of sp³-hybridized carbons (Fsp3) is 0. The van der Waals surface area contributed by atoms with Gasteiger partial charge >= 0.3 is 6.03 Å². The van der Waals surface area contributed by atoms with Gasteiger partial charge in [-0.15, -0.1) is 11.3 Å². The third-order valence-corrected chi connectivity index (χ3v) is 4.41. The normalized spacial score (nSPS) is 16.9. The SMILES string of the molecule is O=C1NC(=Cc2cc(Br)cs2)C(=O)N1c1ccccc1. The van der Waals surface area contributed by atoms with E-state index in [0.29, 0.717) is 5.69 Å². The molecule has 0 spiro atoms. The van der Waals surface area contributed by atoms with Crippen LogP contribution in [0.4, 0.5) is 10.5 Å². The van der Waals surface area contributed by atoms with Gasteiger partial charge in [0.1, 0.15) is 5.70 Å². The number of para-hydroxylation sites is 1. The molecule has 0 aliphatic carbocycles. The molecule has 6 heteroatoms. The molecular weight excluding hydrogens is 340 g/mol. The summed E-state index contributed by atoms with van der Waals surface area (Å²) in [6, 6.07) is 10.3. The average molecular weight is 349 g/mol. The second kappa shape index (κ2) is 5.22. The number of rotatable bonds is 2. The van der Waals surface area contributed by atoms with Crippen LogP contribution >= 0.6 is 27.3 Å². The van der Waals surface area contributed by atoms with Gasteiger partial charge in [0.15, 0.2) is 0 Å². The first-order chi connectivity index (χ1) is 9.65. The van der Waals surface area contributed by atoms with Crippen LogP contribution in [0.3, 0.4) is 0 Å². The lowest BCUT2D eigenvalue weighted by Gasteiger charge is -2.10. The van der Waals surface area contributed by atoms with Gasteiger partial charge in [-0.3, -0.25) is 4.79 Å². The van der Waals surface area contributed by atoms with Crippen LogP contribution in [-0.2, 0) is 4.79 Å². The molecule has 20 heavy (non-hydrogen) atoms. The van der Waals surface area contributed by atoms with Crippen molar-refractivity contribution in [3.05, 3.63) is 56.8 Å². The molecular formula is C14H9BrN2O2S. The van der Waals surface area contributed by atoms with Gasteiger partial charge < -0.3 is 5.32 Å². The molecule has 0 atom stereocenters. The molecule has 0 bridgehead atoms. The minimum absolute atomic E-state index is 0.285. The standard InChI is InChI=1S/C14H9BrN2O2S/c15-9-6-11(20-8-9)7-12-13(18)17(14(19)16-12)10-4-2-1-3-5-10/h1-8H,(H,16,19). The van der Waals surface area contributed by atoms with Crippen molar-refractivity contribution in [3.63, 3.8) is 0 Å². The average Bonchev–Trinajstić information content (AvgIpc) is 2.96. The Hall–Kier alpha value is -1.92. The fourth-order valence-electron chi connectivity index (χ4n) is 1.89. The summed E-state index contributed by atoms with van der Waals surface area (Å²) in [6.07, 6.45) is 1.68. The minimum Gasteiger partial charge on any atom is -0.302 e. The summed E-state index contributed by atoms with van der Waals surface area (Å²) >= 11 is 4.85. The summed E-state index contributed by atoms with van der Waals surface area (Å²) in [5.74, 6) is -0.342. The zero-order valence-corrected chi connectivity index (χ0v) is 12.6. The molecule has 1 aromatic carbocycles. The largest absolute Gasteiger partial charge is 0.333 e. The smallest absolute Gasteiger partial charge is 0.302 e. The van der Waals surface area contributed by atoms with E-state index < -0.39 is 6.03 Å². The number of imide groups is 1. The molecule has 4 nitrogen and oxygen atoms in total. The highest BCUT2D eigenvalue weighted by atomic mass is 79.9. The Morgan fingerprint density at radius 1 is 1.20 bits per heavy atom. The third-order valence-electron chi connectivity index (χ3n) is 2.77. The Labute approximate surface area is 127 Å². The van der Waals surface area contributed by atoms with Gasteiger partial charge in [0.25, 0.3) is 5.91 Å². The Morgan fingerprint density at radius 2 is 1.95 bits per heavy atom. The van der Waals surface area contributed by atoms with Gasteiger partial charge in [0, 0.05) is 14.7 Å². The summed E-state index contributed by atoms with van der Waals surface area (Å²) in [4.78, 5) is 26.3. The molecule has 1 N–H and O–H groups in total. The highest BCUT2D eigenvalue weighted by molar-refractivity contribution is 9.10. The molecule has 3 rings (SSSR count). The molecule has 3 amide bonds. The van der Waals surface area contributed by atoms with E-state index in [2.05, 4.69) is 21.2 Å². The van der Waals surface area contributed by atoms with Crippen molar-refractivity contribution in [2.45, 2.75) is 0 Å². The zero-order chi connectivity index (χ0) is 14.1. The highest BCUT2D eigenvalue weighted by Gasteiger charge is 2.34. The molecule has 1 aliphatic heterocycles. The third kappa shape index (κ3) is 2.39. The summed E-state index contributed by atoms with van der Waals surface area (Å²) in [7, 11) is 0. The second-order valence-electron chi connectivity index (χ2n) is 4.13. The first-order valence-electron chi connectivity index (χ1n) is 5.81. The number of nitrogens with one attached hydrogen (secondary N) is 1. The molecule has 0 saturated carbocycles. The number of carbonyl (C=O) groups excluding carboxylic acids is 2. The number of anilines is 1. The minimum atomic E-state index is -0.428. The maximum atomic E-state index is 12.3. The fourth-order valence-corrected chi connectivity index (χ4v) is 3.27. The predicted octanol–water partition coefficient (Wildman–Crippen LogP) is 3.61. The van der Waals surface area contributed by atoms with Crippen LogP contribution in [-0.4, -0.2) is 11.9 Å². The number of halogens is 1. The van der Waals surface area contributed by atoms with Crippen LogP contribution in [0.15, 0.2) is 51.9 Å². The van der Waals surface area contributed by atoms with Crippen LogP contribution in [0, 0.1) is 0 Å². The van der Waals surface area contributed by atoms with Gasteiger partial charge in [-0.2, -0.15) is 0 Å². The number of urea groups is 1. The summed E-state index contributed by atoms with van der Waals surface area (Å²) < 4.78 is 0.950. The Kier molecular flexibility index (Phi) is 3.42. The Balaban J connectivity index is 1.93. The van der Waals surface area contributed by atoms with Crippen molar-refractivity contribution in [1.29, 1.82) is 0 Å². The van der Waals surface area contributed by atoms with Gasteiger partial charge in [0.2, 0.25) is 0 Å². The number of amides is 3. The second-order valence-corrected chi connectivity index (χ2v) is 5.99. The van der Waals surface area contributed by atoms with Crippen LogP contribution in [0.2, 0.25) is 0 Å². The number of thiophene rings is 1. The van der Waals surface area contributed by atoms with Gasteiger partial charge in [0.05, 0.1) is 5.69 Å². The van der Waals surface area contributed by atoms with Gasteiger partial charge in [-0.25, -0.2) is 9.69 Å². The van der Waals surface area contributed by atoms with Crippen LogP contribution in [0.1, 0.15) is 4.88 Å². The van der Waals surface area contributed by atoms with E-state index in [0.717, 1.165) is 14.2 Å². The molecule has 2 aromatic rings. The molecule has 0 unspecified atom stereocenters. The van der Waals surface area contributed by atoms with Crippen molar-refractivity contribution in [1.82, 2.24) is 5.32 Å². The molecule has 1 aliphatic rings. The Bertz CT molecular complexity index is 709. The molecule has 1 saturated heterocycles. The molecule has 2 heterocycles. The number of hydrogen-bond acceptors (Lipinski definition) is 3. The van der Waals surface area contributed by atoms with Crippen molar-refractivity contribution < 1.29 is 9.59 Å². The molecule has 0 radical (unpaired) electrons. The lowest BCUT2D eigenvalue weighted by molar-refractivity contribution is -0.113. The lowest BCUT2D eigenvalue weighted by Crippen LogP contribution is -2.30. The van der Waals surface area contributed by atoms with E-state index >= 15 is 0 Å². The number of hydrogen-bond donors (Lipinski definition) is 1. The van der Waals surface area contributed by atoms with Crippen molar-refractivity contribution in [2.24, 2.45) is 0 Å². The molecule has 100 valence electrons. The van der Waals surface area contributed by atoms with Gasteiger partial charge in [-0.1, -0.05) is 18.2 Å². The Morgan fingerprint density at radius 3 is 2.60 bits per heavy atom. The summed E-state index contributed by atoms with van der Waals surface area (Å²) in [5, 5.41) is 4.52. The van der Waals surface area contributed by atoms with Crippen molar-refractivity contribution >= 4 is 51.0 Å². The molecule has 1 fully saturated rings. The maximum absolute atomic E-state index is 12.3. The zero-order valence-electron chi connectivity index (χ0n) is 10.2. The lowest BCUT2D eigenvalue weighted by atomic mass is 10.3. The van der Waals surface area contributed by atoms with E-state index in [1.807, 2.05) is 17.5 Å². The monoisotopic (exact) mass is 348 g/mol.